The van der Waals surface area contributed by atoms with E-state index in [1.807, 2.05) is 0 Å². The molecule has 0 unspecified atom stereocenters. The summed E-state index contributed by atoms with van der Waals surface area (Å²) in [5, 5.41) is 8.51. The van der Waals surface area contributed by atoms with Crippen molar-refractivity contribution in [3.8, 4) is 11.5 Å². The minimum atomic E-state index is -1.16. The van der Waals surface area contributed by atoms with Gasteiger partial charge in [0.2, 0.25) is 0 Å². The average molecular weight is 649 g/mol. The Morgan fingerprint density at radius 1 is 0.565 bits per heavy atom. The molecular formula is C32H40O14. The largest absolute Gasteiger partial charge is 0.543 e. The first-order valence-corrected chi connectivity index (χ1v) is 15.3. The Morgan fingerprint density at radius 3 is 1.28 bits per heavy atom. The van der Waals surface area contributed by atoms with Crippen molar-refractivity contribution in [2.45, 2.75) is 65.2 Å². The van der Waals surface area contributed by atoms with Crippen LogP contribution in [-0.4, -0.2) is 50.7 Å². The molecule has 14 heteroatoms. The van der Waals surface area contributed by atoms with Crippen LogP contribution >= 0.6 is 0 Å². The van der Waals surface area contributed by atoms with E-state index in [2.05, 4.69) is 43.5 Å². The van der Waals surface area contributed by atoms with Crippen LogP contribution in [0.3, 0.4) is 0 Å². The van der Waals surface area contributed by atoms with Gasteiger partial charge in [-0.2, -0.15) is 0 Å². The van der Waals surface area contributed by atoms with Crippen molar-refractivity contribution < 1.29 is 67.8 Å². The molecule has 0 aliphatic heterocycles. The molecule has 0 N–H and O–H groups in total. The molecule has 0 atom stereocenters. The molecular weight excluding hydrogens is 608 g/mol. The third kappa shape index (κ3) is 13.6. The first kappa shape index (κ1) is 35.9. The van der Waals surface area contributed by atoms with Crippen LogP contribution in [0.5, 0.6) is 11.5 Å². The first-order chi connectivity index (χ1) is 22.4. The number of ether oxygens (including phenoxy) is 4. The highest BCUT2D eigenvalue weighted by Crippen LogP contribution is 2.29. The number of carbonyl (C=O) groups excluding carboxylic acids is 4. The normalized spacial score (nSPS) is 15.6. The Morgan fingerprint density at radius 2 is 0.935 bits per heavy atom. The van der Waals surface area contributed by atoms with Gasteiger partial charge in [-0.15, -0.1) is 0 Å². The second kappa shape index (κ2) is 20.5. The molecule has 0 spiro atoms. The number of benzene rings is 2. The summed E-state index contributed by atoms with van der Waals surface area (Å²) in [5.74, 6) is -0.385. The maximum Gasteiger partial charge on any atom is 0.543 e. The van der Waals surface area contributed by atoms with E-state index < -0.39 is 24.2 Å². The van der Waals surface area contributed by atoms with Crippen molar-refractivity contribution in [3.05, 3.63) is 59.7 Å². The molecule has 3 rings (SSSR count). The maximum absolute atomic E-state index is 12.0. The average Bonchev–Trinajstić information content (AvgIpc) is 3.07. The van der Waals surface area contributed by atoms with E-state index in [4.69, 9.17) is 18.9 Å². The Balaban J connectivity index is 1.20. The van der Waals surface area contributed by atoms with E-state index in [9.17, 15) is 19.2 Å². The standard InChI is InChI=1S/C32H40O14/c1-3-5-19-37-27-15-11-25(12-16-27)29(33)41-45-43-31(35)39-21-23-7-9-24(10-8-23)22-40-32(36)44-46-42-30(34)26-13-17-28(18-14-26)38-20-6-4-2/h11-18,23-24H,3-10,19-22H2,1-2H3. The maximum atomic E-state index is 12.0. The smallest absolute Gasteiger partial charge is 0.494 e. The molecule has 2 aromatic rings. The van der Waals surface area contributed by atoms with Gasteiger partial charge in [0.15, 0.2) is 0 Å². The fourth-order valence-electron chi connectivity index (χ4n) is 4.28. The third-order valence-electron chi connectivity index (χ3n) is 6.98. The molecule has 0 bridgehead atoms. The van der Waals surface area contributed by atoms with Gasteiger partial charge in [-0.3, -0.25) is 9.78 Å². The molecule has 2 aromatic carbocycles. The zero-order valence-electron chi connectivity index (χ0n) is 26.0. The topological polar surface area (TPSA) is 161 Å². The molecule has 0 saturated heterocycles. The zero-order valence-corrected chi connectivity index (χ0v) is 26.0. The summed E-state index contributed by atoms with van der Waals surface area (Å²) in [7, 11) is 0. The van der Waals surface area contributed by atoms with Gasteiger partial charge in [0.1, 0.15) is 11.5 Å². The fraction of sp³-hybridized carbons (Fsp3) is 0.500. The SMILES string of the molecule is CCCCOc1ccc(C(=O)OOOC(=O)OCC2CCC(COC(=O)OOOC(=O)c3ccc(OCCCC)cc3)CC2)cc1. The Bertz CT molecular complexity index is 1110. The van der Waals surface area contributed by atoms with Crippen molar-refractivity contribution >= 4 is 24.2 Å². The molecule has 46 heavy (non-hydrogen) atoms. The summed E-state index contributed by atoms with van der Waals surface area (Å²) in [5.41, 5.74) is 0.353. The zero-order chi connectivity index (χ0) is 33.0. The van der Waals surface area contributed by atoms with Gasteiger partial charge in [-0.25, -0.2) is 29.0 Å². The van der Waals surface area contributed by atoms with Crippen LogP contribution in [-0.2, 0) is 39.1 Å². The van der Waals surface area contributed by atoms with E-state index >= 15 is 0 Å². The molecule has 0 aromatic heterocycles. The third-order valence-corrected chi connectivity index (χ3v) is 6.98. The number of rotatable bonds is 18. The highest BCUT2D eigenvalue weighted by molar-refractivity contribution is 5.89. The van der Waals surface area contributed by atoms with Crippen molar-refractivity contribution in [1.29, 1.82) is 0 Å². The van der Waals surface area contributed by atoms with Crippen molar-refractivity contribution in [3.63, 3.8) is 0 Å². The van der Waals surface area contributed by atoms with Crippen LogP contribution in [0.4, 0.5) is 9.59 Å². The molecule has 1 saturated carbocycles. The van der Waals surface area contributed by atoms with Crippen molar-refractivity contribution in [1.82, 2.24) is 0 Å². The Labute approximate surface area is 266 Å². The van der Waals surface area contributed by atoms with Gasteiger partial charge in [-0.1, -0.05) is 26.7 Å². The summed E-state index contributed by atoms with van der Waals surface area (Å²) < 4.78 is 21.1. The summed E-state index contributed by atoms with van der Waals surface area (Å²) >= 11 is 0. The molecule has 0 amide bonds. The summed E-state index contributed by atoms with van der Waals surface area (Å²) in [4.78, 5) is 65.2. The Hall–Kier alpha value is -4.56. The van der Waals surface area contributed by atoms with Crippen molar-refractivity contribution in [2.24, 2.45) is 11.8 Å². The minimum Gasteiger partial charge on any atom is -0.494 e. The molecule has 0 heterocycles. The summed E-state index contributed by atoms with van der Waals surface area (Å²) in [6.07, 6.45) is 4.33. The lowest BCUT2D eigenvalue weighted by Crippen LogP contribution is -2.24. The van der Waals surface area contributed by atoms with Gasteiger partial charge < -0.3 is 18.9 Å². The second-order valence-corrected chi connectivity index (χ2v) is 10.5. The predicted octanol–water partition coefficient (Wildman–Crippen LogP) is 6.86. The number of hydrogen-bond donors (Lipinski definition) is 0. The molecule has 14 nitrogen and oxygen atoms in total. The van der Waals surface area contributed by atoms with Gasteiger partial charge in [0.25, 0.3) is 0 Å². The lowest BCUT2D eigenvalue weighted by Gasteiger charge is -2.27. The molecule has 1 aliphatic carbocycles. The van der Waals surface area contributed by atoms with Gasteiger partial charge in [0, 0.05) is 0 Å². The van der Waals surface area contributed by atoms with E-state index in [1.165, 1.54) is 24.3 Å². The van der Waals surface area contributed by atoms with E-state index in [0.717, 1.165) is 25.7 Å². The number of hydrogen-bond acceptors (Lipinski definition) is 14. The quantitative estimate of drug-likeness (QED) is 0.0713. The van der Waals surface area contributed by atoms with Crippen LogP contribution in [0.25, 0.3) is 0 Å². The molecule has 1 fully saturated rings. The lowest BCUT2D eigenvalue weighted by molar-refractivity contribution is -0.452. The molecule has 252 valence electrons. The van der Waals surface area contributed by atoms with E-state index in [0.29, 0.717) is 50.4 Å². The number of unbranched alkanes of at least 4 members (excludes halogenated alkanes) is 2. The van der Waals surface area contributed by atoms with Crippen LogP contribution in [0, 0.1) is 11.8 Å². The van der Waals surface area contributed by atoms with Crippen LogP contribution < -0.4 is 9.47 Å². The lowest BCUT2D eigenvalue weighted by atomic mass is 9.83. The predicted molar refractivity (Wildman–Crippen MR) is 157 cm³/mol. The first-order valence-electron chi connectivity index (χ1n) is 15.3. The molecule has 1 aliphatic rings. The highest BCUT2D eigenvalue weighted by Gasteiger charge is 2.25. The van der Waals surface area contributed by atoms with Gasteiger partial charge >= 0.3 is 24.2 Å². The molecule has 0 radical (unpaired) electrons. The van der Waals surface area contributed by atoms with Gasteiger partial charge in [-0.05, 0) is 98.9 Å². The minimum absolute atomic E-state index is 0.0519. The van der Waals surface area contributed by atoms with Crippen LogP contribution in [0.15, 0.2) is 48.5 Å². The van der Waals surface area contributed by atoms with Crippen molar-refractivity contribution in [2.75, 3.05) is 26.4 Å². The summed E-state index contributed by atoms with van der Waals surface area (Å²) in [6.45, 7) is 5.41. The van der Waals surface area contributed by atoms with Crippen LogP contribution in [0.2, 0.25) is 0 Å². The summed E-state index contributed by atoms with van der Waals surface area (Å²) in [6, 6.07) is 12.5. The number of carbonyl (C=O) groups is 4. The van der Waals surface area contributed by atoms with Gasteiger partial charge in [0.05, 0.1) is 47.6 Å². The highest BCUT2D eigenvalue weighted by atomic mass is 17.5. The van der Waals surface area contributed by atoms with E-state index in [1.54, 1.807) is 24.3 Å². The monoisotopic (exact) mass is 648 g/mol. The Kier molecular flexibility index (Phi) is 16.0. The second-order valence-electron chi connectivity index (χ2n) is 10.5. The van der Waals surface area contributed by atoms with E-state index in [-0.39, 0.29) is 36.2 Å². The van der Waals surface area contributed by atoms with Crippen LogP contribution in [0.1, 0.15) is 85.9 Å². The fourth-order valence-corrected chi connectivity index (χ4v) is 4.28.